The average molecular weight is 175 g/mol. The number of hydrogen-bond donors (Lipinski definition) is 1. The summed E-state index contributed by atoms with van der Waals surface area (Å²) in [5, 5.41) is 2.55. The molecular weight excluding hydrogens is 167 g/mol. The fraction of sp³-hybridized carbons (Fsp3) is 0. The van der Waals surface area contributed by atoms with Crippen molar-refractivity contribution >= 4 is 11.9 Å². The van der Waals surface area contributed by atoms with Gasteiger partial charge in [0.2, 0.25) is 0 Å². The van der Waals surface area contributed by atoms with Crippen molar-refractivity contribution in [1.82, 2.24) is 5.32 Å². The molecule has 1 heterocycles. The molecule has 2 nitrogen and oxygen atoms in total. The Kier molecular flexibility index (Phi) is 2.08. The van der Waals surface area contributed by atoms with Crippen LogP contribution in [0.2, 0.25) is 0 Å². The van der Waals surface area contributed by atoms with Gasteiger partial charge in [0.25, 0.3) is 0 Å². The second kappa shape index (κ2) is 3.39. The largest absolute Gasteiger partial charge is 0.350 e. The molecule has 1 aliphatic rings. The lowest BCUT2D eigenvalue weighted by molar-refractivity contribution is 0.456. The van der Waals surface area contributed by atoms with E-state index < -0.39 is 6.42 Å². The molecule has 1 radical (unpaired) electrons. The van der Waals surface area contributed by atoms with Crippen LogP contribution in [-0.2, 0) is 0 Å². The third kappa shape index (κ3) is 1.75. The van der Waals surface area contributed by atoms with Gasteiger partial charge in [0.05, 0.1) is 0 Å². The summed E-state index contributed by atoms with van der Waals surface area (Å²) < 4.78 is 12.7. The molecule has 0 aromatic heterocycles. The van der Waals surface area contributed by atoms with Gasteiger partial charge in [0, 0.05) is 11.9 Å². The van der Waals surface area contributed by atoms with E-state index in [1.807, 2.05) is 30.3 Å². The lowest BCUT2D eigenvalue weighted by atomic mass is 10.1. The van der Waals surface area contributed by atoms with Gasteiger partial charge in [-0.2, -0.15) is 4.39 Å². The van der Waals surface area contributed by atoms with E-state index in [1.54, 1.807) is 6.08 Å². The maximum Gasteiger partial charge on any atom is 0.350 e. The van der Waals surface area contributed by atoms with Crippen molar-refractivity contribution in [2.75, 3.05) is 0 Å². The minimum Gasteiger partial charge on any atom is -0.328 e. The Morgan fingerprint density at radius 1 is 1.15 bits per heavy atom. The van der Waals surface area contributed by atoms with Crippen LogP contribution in [0, 0.1) is 6.42 Å². The molecule has 0 bridgehead atoms. The molecule has 0 aliphatic carbocycles. The van der Waals surface area contributed by atoms with Gasteiger partial charge < -0.3 is 5.32 Å². The van der Waals surface area contributed by atoms with Crippen LogP contribution < -0.4 is 5.32 Å². The second-order valence-corrected chi connectivity index (χ2v) is 2.64. The average Bonchev–Trinajstić information content (AvgIpc) is 2.19. The Morgan fingerprint density at radius 3 is 2.62 bits per heavy atom. The predicted molar refractivity (Wildman–Crippen MR) is 50.4 cm³/mol. The molecule has 1 aliphatic heterocycles. The smallest absolute Gasteiger partial charge is 0.328 e. The lowest BCUT2D eigenvalue weighted by Crippen LogP contribution is -2.17. The van der Waals surface area contributed by atoms with Crippen LogP contribution in [0.4, 0.5) is 4.39 Å². The highest BCUT2D eigenvalue weighted by Gasteiger charge is 2.11. The highest BCUT2D eigenvalue weighted by Crippen LogP contribution is 2.16. The van der Waals surface area contributed by atoms with Crippen LogP contribution in [0.25, 0.3) is 5.70 Å². The second-order valence-electron chi connectivity index (χ2n) is 2.64. The topological polar surface area (TPSA) is 24.4 Å². The zero-order valence-electron chi connectivity index (χ0n) is 6.87. The Bertz CT molecular complexity index is 343. The summed E-state index contributed by atoms with van der Waals surface area (Å²) in [5.41, 5.74) is 1.68. The van der Waals surface area contributed by atoms with Crippen molar-refractivity contribution in [3.8, 4) is 0 Å². The standard InChI is InChI=1S/C10H8FN2/c11-10-12-7-6-9(13-10)8-4-2-1-3-5-8/h1-7,13H. The number of nitrogens with zero attached hydrogens (tertiary/aromatic N) is 1. The molecular formula is C10H8FN2. The molecule has 0 atom stereocenters. The number of halogens is 1. The SMILES string of the molecule is F[C]1N=CC=C(c2ccccc2)N1. The van der Waals surface area contributed by atoms with Crippen molar-refractivity contribution in [3.63, 3.8) is 0 Å². The van der Waals surface area contributed by atoms with E-state index in [0.29, 0.717) is 0 Å². The first kappa shape index (κ1) is 7.98. The summed E-state index contributed by atoms with van der Waals surface area (Å²) in [4.78, 5) is 3.44. The molecule has 2 rings (SSSR count). The molecule has 0 spiro atoms. The first-order valence-electron chi connectivity index (χ1n) is 3.95. The zero-order chi connectivity index (χ0) is 9.10. The molecule has 0 saturated carbocycles. The zero-order valence-corrected chi connectivity index (χ0v) is 6.87. The Morgan fingerprint density at radius 2 is 1.92 bits per heavy atom. The van der Waals surface area contributed by atoms with E-state index in [9.17, 15) is 4.39 Å². The summed E-state index contributed by atoms with van der Waals surface area (Å²) in [7, 11) is 0. The Balaban J connectivity index is 2.28. The number of benzene rings is 1. The highest BCUT2D eigenvalue weighted by molar-refractivity contribution is 5.86. The van der Waals surface area contributed by atoms with Crippen molar-refractivity contribution in [2.24, 2.45) is 4.99 Å². The van der Waals surface area contributed by atoms with Gasteiger partial charge in [-0.3, -0.25) is 0 Å². The summed E-state index contributed by atoms with van der Waals surface area (Å²) in [5.74, 6) is 0. The van der Waals surface area contributed by atoms with Crippen LogP contribution in [0.1, 0.15) is 5.56 Å². The fourth-order valence-electron chi connectivity index (χ4n) is 1.15. The number of hydrogen-bond acceptors (Lipinski definition) is 2. The van der Waals surface area contributed by atoms with E-state index in [1.165, 1.54) is 6.21 Å². The molecule has 0 fully saturated rings. The fourth-order valence-corrected chi connectivity index (χ4v) is 1.15. The monoisotopic (exact) mass is 175 g/mol. The minimum atomic E-state index is -0.568. The van der Waals surface area contributed by atoms with Crippen LogP contribution >= 0.6 is 0 Å². The van der Waals surface area contributed by atoms with Gasteiger partial charge in [-0.25, -0.2) is 4.99 Å². The minimum absolute atomic E-state index is 0.568. The molecule has 65 valence electrons. The molecule has 1 aromatic rings. The van der Waals surface area contributed by atoms with Gasteiger partial charge in [-0.05, 0) is 11.6 Å². The Labute approximate surface area is 75.8 Å². The maximum absolute atomic E-state index is 12.7. The normalized spacial score (nSPS) is 16.5. The van der Waals surface area contributed by atoms with Gasteiger partial charge in [-0.1, -0.05) is 30.3 Å². The Hall–Kier alpha value is -1.64. The number of nitrogens with one attached hydrogen (secondary N) is 1. The summed E-state index contributed by atoms with van der Waals surface area (Å²) in [6.45, 7) is 0. The third-order valence-corrected chi connectivity index (χ3v) is 1.75. The highest BCUT2D eigenvalue weighted by atomic mass is 19.1. The summed E-state index contributed by atoms with van der Waals surface area (Å²) in [6.07, 6.45) is 2.61. The summed E-state index contributed by atoms with van der Waals surface area (Å²) >= 11 is 0. The molecule has 1 aromatic carbocycles. The van der Waals surface area contributed by atoms with Crippen LogP contribution in [-0.4, -0.2) is 6.21 Å². The number of allylic oxidation sites excluding steroid dienone is 1. The van der Waals surface area contributed by atoms with Crippen molar-refractivity contribution < 1.29 is 4.39 Å². The van der Waals surface area contributed by atoms with Gasteiger partial charge >= 0.3 is 6.42 Å². The van der Waals surface area contributed by atoms with Crippen LogP contribution in [0.15, 0.2) is 41.4 Å². The molecule has 0 saturated heterocycles. The van der Waals surface area contributed by atoms with Gasteiger partial charge in [-0.15, -0.1) is 0 Å². The van der Waals surface area contributed by atoms with E-state index in [-0.39, 0.29) is 0 Å². The number of rotatable bonds is 1. The third-order valence-electron chi connectivity index (χ3n) is 1.75. The van der Waals surface area contributed by atoms with Crippen molar-refractivity contribution in [1.29, 1.82) is 0 Å². The van der Waals surface area contributed by atoms with Crippen molar-refractivity contribution in [2.45, 2.75) is 0 Å². The predicted octanol–water partition coefficient (Wildman–Crippen LogP) is 2.12. The molecule has 13 heavy (non-hydrogen) atoms. The molecule has 0 unspecified atom stereocenters. The summed E-state index contributed by atoms with van der Waals surface area (Å²) in [6, 6.07) is 9.54. The first-order chi connectivity index (χ1) is 6.36. The first-order valence-corrected chi connectivity index (χ1v) is 3.95. The lowest BCUT2D eigenvalue weighted by Gasteiger charge is -2.13. The molecule has 0 amide bonds. The van der Waals surface area contributed by atoms with E-state index in [2.05, 4.69) is 10.3 Å². The van der Waals surface area contributed by atoms with E-state index in [4.69, 9.17) is 0 Å². The quantitative estimate of drug-likeness (QED) is 0.649. The van der Waals surface area contributed by atoms with Crippen LogP contribution in [0.3, 0.4) is 0 Å². The number of aliphatic imine (C=N–C) groups is 1. The molecule has 1 N–H and O–H groups in total. The van der Waals surface area contributed by atoms with Crippen molar-refractivity contribution in [3.05, 3.63) is 48.4 Å². The molecule has 3 heteroatoms. The van der Waals surface area contributed by atoms with Crippen LogP contribution in [0.5, 0.6) is 0 Å². The van der Waals surface area contributed by atoms with Gasteiger partial charge in [0.15, 0.2) is 0 Å². The van der Waals surface area contributed by atoms with E-state index >= 15 is 0 Å². The maximum atomic E-state index is 12.7. The van der Waals surface area contributed by atoms with Gasteiger partial charge in [0.1, 0.15) is 0 Å². The van der Waals surface area contributed by atoms with E-state index in [0.717, 1.165) is 11.3 Å².